The summed E-state index contributed by atoms with van der Waals surface area (Å²) in [6.07, 6.45) is 3.67. The fourth-order valence-corrected chi connectivity index (χ4v) is 2.09. The monoisotopic (exact) mass is 236 g/mol. The first kappa shape index (κ1) is 11.4. The van der Waals surface area contributed by atoms with Crippen molar-refractivity contribution in [3.05, 3.63) is 46.5 Å². The van der Waals surface area contributed by atoms with Crippen LogP contribution in [0.4, 0.5) is 0 Å². The highest BCUT2D eigenvalue weighted by molar-refractivity contribution is 6.31. The average Bonchev–Trinajstić information content (AvgIpc) is 2.29. The van der Waals surface area contributed by atoms with Gasteiger partial charge in [-0.05, 0) is 31.4 Å². The van der Waals surface area contributed by atoms with Crippen molar-refractivity contribution in [2.24, 2.45) is 0 Å². The van der Waals surface area contributed by atoms with Crippen LogP contribution in [0.25, 0.3) is 0 Å². The van der Waals surface area contributed by atoms with E-state index in [0.717, 1.165) is 12.8 Å². The van der Waals surface area contributed by atoms with Crippen molar-refractivity contribution in [1.29, 1.82) is 0 Å². The first-order valence-electron chi connectivity index (χ1n) is 5.37. The zero-order valence-corrected chi connectivity index (χ0v) is 9.57. The fourth-order valence-electron chi connectivity index (χ4n) is 1.90. The highest BCUT2D eigenvalue weighted by Gasteiger charge is 2.22. The molecule has 1 aromatic carbocycles. The van der Waals surface area contributed by atoms with Gasteiger partial charge in [0.1, 0.15) is 0 Å². The van der Waals surface area contributed by atoms with Gasteiger partial charge in [0.25, 0.3) is 0 Å². The molecule has 0 heterocycles. The smallest absolute Gasteiger partial charge is 0.191 e. The minimum absolute atomic E-state index is 0.116. The number of ketones is 1. The van der Waals surface area contributed by atoms with E-state index in [2.05, 4.69) is 0 Å². The number of aliphatic hydroxyl groups excluding tert-OH is 1. The summed E-state index contributed by atoms with van der Waals surface area (Å²) < 4.78 is 0. The molecule has 2 nitrogen and oxygen atoms in total. The number of halogens is 1. The molecule has 3 heteroatoms. The van der Waals surface area contributed by atoms with Crippen LogP contribution in [0.2, 0.25) is 5.02 Å². The predicted molar refractivity (Wildman–Crippen MR) is 63.7 cm³/mol. The van der Waals surface area contributed by atoms with Crippen molar-refractivity contribution in [3.63, 3.8) is 0 Å². The fraction of sp³-hybridized carbons (Fsp3) is 0.308. The molecule has 0 saturated carbocycles. The molecule has 0 spiro atoms. The third-order valence-electron chi connectivity index (χ3n) is 2.75. The van der Waals surface area contributed by atoms with Crippen LogP contribution in [0, 0.1) is 0 Å². The van der Waals surface area contributed by atoms with Gasteiger partial charge in [-0.15, -0.1) is 0 Å². The van der Waals surface area contributed by atoms with Gasteiger partial charge in [-0.1, -0.05) is 29.8 Å². The van der Waals surface area contributed by atoms with Gasteiger partial charge in [-0.3, -0.25) is 4.79 Å². The van der Waals surface area contributed by atoms with E-state index in [4.69, 9.17) is 11.6 Å². The molecule has 1 aliphatic rings. The zero-order valence-electron chi connectivity index (χ0n) is 8.82. The van der Waals surface area contributed by atoms with Gasteiger partial charge in [0.15, 0.2) is 5.78 Å². The minimum atomic E-state index is -0.625. The third-order valence-corrected chi connectivity index (χ3v) is 2.99. The van der Waals surface area contributed by atoms with Gasteiger partial charge in [0.05, 0.1) is 6.10 Å². The Balaban J connectivity index is 2.28. The van der Waals surface area contributed by atoms with E-state index in [1.807, 2.05) is 6.08 Å². The molecule has 1 unspecified atom stereocenters. The van der Waals surface area contributed by atoms with Gasteiger partial charge in [0, 0.05) is 16.2 Å². The Labute approximate surface area is 99.5 Å². The molecule has 1 aromatic rings. The van der Waals surface area contributed by atoms with Crippen LogP contribution in [-0.2, 0) is 0 Å². The van der Waals surface area contributed by atoms with E-state index in [9.17, 15) is 9.90 Å². The Bertz CT molecular complexity index is 437. The summed E-state index contributed by atoms with van der Waals surface area (Å²) in [6, 6.07) is 6.82. The zero-order chi connectivity index (χ0) is 11.5. The molecule has 1 atom stereocenters. The molecule has 0 amide bonds. The maximum Gasteiger partial charge on any atom is 0.191 e. The predicted octanol–water partition coefficient (Wildman–Crippen LogP) is 2.99. The molecule has 1 N–H and O–H groups in total. The van der Waals surface area contributed by atoms with Gasteiger partial charge >= 0.3 is 0 Å². The molecule has 0 bridgehead atoms. The molecular weight excluding hydrogens is 224 g/mol. The molecular formula is C13H13ClO2. The normalized spacial score (nSPS) is 20.4. The highest BCUT2D eigenvalue weighted by Crippen LogP contribution is 2.23. The van der Waals surface area contributed by atoms with E-state index in [-0.39, 0.29) is 5.78 Å². The number of hydrogen-bond acceptors (Lipinski definition) is 2. The van der Waals surface area contributed by atoms with Crippen LogP contribution in [0.15, 0.2) is 35.9 Å². The topological polar surface area (TPSA) is 37.3 Å². The number of allylic oxidation sites excluding steroid dienone is 1. The van der Waals surface area contributed by atoms with Crippen molar-refractivity contribution < 1.29 is 9.90 Å². The number of benzene rings is 1. The van der Waals surface area contributed by atoms with Crippen molar-refractivity contribution in [2.45, 2.75) is 25.4 Å². The van der Waals surface area contributed by atoms with Crippen molar-refractivity contribution in [2.75, 3.05) is 0 Å². The van der Waals surface area contributed by atoms with Gasteiger partial charge in [0.2, 0.25) is 0 Å². The molecule has 0 aromatic heterocycles. The summed E-state index contributed by atoms with van der Waals surface area (Å²) in [6.45, 7) is 0. The second-order valence-electron chi connectivity index (χ2n) is 3.95. The standard InChI is InChI=1S/C13H13ClO2/c14-10-5-3-4-9(8-10)13(16)11-6-1-2-7-12(11)15/h3-6,8,12,15H,1-2,7H2. The summed E-state index contributed by atoms with van der Waals surface area (Å²) in [7, 11) is 0. The number of carbonyl (C=O) groups excluding carboxylic acids is 1. The van der Waals surface area contributed by atoms with Crippen LogP contribution in [0.3, 0.4) is 0 Å². The highest BCUT2D eigenvalue weighted by atomic mass is 35.5. The van der Waals surface area contributed by atoms with Crippen molar-refractivity contribution >= 4 is 17.4 Å². The lowest BCUT2D eigenvalue weighted by molar-refractivity contribution is 0.0975. The second kappa shape index (κ2) is 4.81. The lowest BCUT2D eigenvalue weighted by Crippen LogP contribution is -2.20. The summed E-state index contributed by atoms with van der Waals surface area (Å²) in [5, 5.41) is 10.3. The van der Waals surface area contributed by atoms with Crippen LogP contribution in [0.1, 0.15) is 29.6 Å². The van der Waals surface area contributed by atoms with Crippen LogP contribution in [-0.4, -0.2) is 17.0 Å². The first-order chi connectivity index (χ1) is 7.68. The van der Waals surface area contributed by atoms with Crippen LogP contribution >= 0.6 is 11.6 Å². The first-order valence-corrected chi connectivity index (χ1v) is 5.74. The second-order valence-corrected chi connectivity index (χ2v) is 4.38. The summed E-state index contributed by atoms with van der Waals surface area (Å²) in [5.74, 6) is -0.116. The molecule has 0 radical (unpaired) electrons. The lowest BCUT2D eigenvalue weighted by Gasteiger charge is -2.18. The Morgan fingerprint density at radius 3 is 2.94 bits per heavy atom. The summed E-state index contributed by atoms with van der Waals surface area (Å²) in [5.41, 5.74) is 1.05. The largest absolute Gasteiger partial charge is 0.388 e. The Hall–Kier alpha value is -1.12. The number of Topliss-reactive ketones (excluding diaryl/α,β-unsaturated/α-hetero) is 1. The van der Waals surface area contributed by atoms with Crippen LogP contribution in [0.5, 0.6) is 0 Å². The lowest BCUT2D eigenvalue weighted by atomic mass is 9.91. The van der Waals surface area contributed by atoms with Gasteiger partial charge < -0.3 is 5.11 Å². The Morgan fingerprint density at radius 2 is 2.25 bits per heavy atom. The molecule has 84 valence electrons. The van der Waals surface area contributed by atoms with Crippen molar-refractivity contribution in [3.8, 4) is 0 Å². The summed E-state index contributed by atoms with van der Waals surface area (Å²) >= 11 is 5.83. The maximum absolute atomic E-state index is 12.1. The number of carbonyl (C=O) groups is 1. The quantitative estimate of drug-likeness (QED) is 0.802. The SMILES string of the molecule is O=C(C1=CCCCC1O)c1cccc(Cl)c1. The Morgan fingerprint density at radius 1 is 1.44 bits per heavy atom. The molecule has 2 rings (SSSR count). The molecule has 0 aliphatic heterocycles. The molecule has 0 saturated heterocycles. The molecule has 16 heavy (non-hydrogen) atoms. The maximum atomic E-state index is 12.1. The van der Waals surface area contributed by atoms with E-state index < -0.39 is 6.10 Å². The Kier molecular flexibility index (Phi) is 3.42. The van der Waals surface area contributed by atoms with Gasteiger partial charge in [-0.25, -0.2) is 0 Å². The molecule has 0 fully saturated rings. The molecule has 1 aliphatic carbocycles. The van der Waals surface area contributed by atoms with E-state index in [1.54, 1.807) is 24.3 Å². The van der Waals surface area contributed by atoms with Gasteiger partial charge in [-0.2, -0.15) is 0 Å². The number of aliphatic hydroxyl groups is 1. The number of hydrogen-bond donors (Lipinski definition) is 1. The van der Waals surface area contributed by atoms with E-state index in [0.29, 0.717) is 22.6 Å². The summed E-state index contributed by atoms with van der Waals surface area (Å²) in [4.78, 5) is 12.1. The number of rotatable bonds is 2. The third kappa shape index (κ3) is 2.34. The van der Waals surface area contributed by atoms with Crippen LogP contribution < -0.4 is 0 Å². The minimum Gasteiger partial charge on any atom is -0.388 e. The van der Waals surface area contributed by atoms with E-state index in [1.165, 1.54) is 0 Å². The van der Waals surface area contributed by atoms with E-state index >= 15 is 0 Å². The average molecular weight is 237 g/mol. The van der Waals surface area contributed by atoms with Crippen molar-refractivity contribution in [1.82, 2.24) is 0 Å².